The second-order valence-electron chi connectivity index (χ2n) is 8.52. The molecule has 0 amide bonds. The van der Waals surface area contributed by atoms with E-state index in [-0.39, 0.29) is 0 Å². The Kier molecular flexibility index (Phi) is 5.86. The van der Waals surface area contributed by atoms with Gasteiger partial charge in [-0.05, 0) is 19.3 Å². The Balaban J connectivity index is 1.34. The van der Waals surface area contributed by atoms with Gasteiger partial charge in [-0.1, -0.05) is 0 Å². The largest absolute Gasteiger partial charge is 0.383 e. The maximum Gasteiger partial charge on any atom is 0.235 e. The van der Waals surface area contributed by atoms with Gasteiger partial charge in [0.1, 0.15) is 6.17 Å². The minimum absolute atomic E-state index is 0.321. The first-order valence-electron chi connectivity index (χ1n) is 11.1. The normalized spacial score (nSPS) is 22.3. The Morgan fingerprint density at radius 1 is 1.06 bits per heavy atom. The van der Waals surface area contributed by atoms with E-state index in [1.165, 1.54) is 12.8 Å². The molecule has 1 aliphatic carbocycles. The Bertz CT molecular complexity index is 881. The topological polar surface area (TPSA) is 98.3 Å². The molecule has 5 rings (SSSR count). The summed E-state index contributed by atoms with van der Waals surface area (Å²) in [5.41, 5.74) is 1.14. The van der Waals surface area contributed by atoms with E-state index in [1.54, 1.807) is 7.11 Å². The van der Waals surface area contributed by atoms with Gasteiger partial charge in [0, 0.05) is 64.1 Å². The SMILES string of the molecule is COCCN1CCN(c2nc(Nc3cc(C4CC4)[nH]n3)nc(N3CC[C@@H](F)C3)n2)CC1. The molecule has 2 saturated heterocycles. The van der Waals surface area contributed by atoms with Crippen LogP contribution in [0.5, 0.6) is 0 Å². The Labute approximate surface area is 181 Å². The zero-order valence-corrected chi connectivity index (χ0v) is 17.9. The van der Waals surface area contributed by atoms with Crippen LogP contribution in [0.15, 0.2) is 6.07 Å². The predicted octanol–water partition coefficient (Wildman–Crippen LogP) is 1.53. The highest BCUT2D eigenvalue weighted by Gasteiger charge is 2.28. The highest BCUT2D eigenvalue weighted by molar-refractivity contribution is 5.53. The van der Waals surface area contributed by atoms with Gasteiger partial charge in [0.25, 0.3) is 0 Å². The molecule has 2 N–H and O–H groups in total. The van der Waals surface area contributed by atoms with Crippen LogP contribution < -0.4 is 15.1 Å². The van der Waals surface area contributed by atoms with E-state index in [2.05, 4.69) is 35.3 Å². The molecule has 2 aliphatic heterocycles. The van der Waals surface area contributed by atoms with Crippen LogP contribution in [0.2, 0.25) is 0 Å². The van der Waals surface area contributed by atoms with Crippen LogP contribution in [-0.2, 0) is 4.74 Å². The summed E-state index contributed by atoms with van der Waals surface area (Å²) >= 11 is 0. The summed E-state index contributed by atoms with van der Waals surface area (Å²) in [5, 5.41) is 10.7. The standard InChI is InChI=1S/C20H30FN9O/c1-31-11-10-28-6-8-29(9-7-28)19-23-18(22-17-12-16(26-27-17)14-2-3-14)24-20(25-19)30-5-4-15(21)13-30/h12,14-15H,2-11,13H2,1H3,(H2,22,23,24,25,26,27)/t15-/m1/s1. The number of aromatic nitrogens is 5. The fraction of sp³-hybridized carbons (Fsp3) is 0.700. The number of H-pyrrole nitrogens is 1. The number of hydrogen-bond donors (Lipinski definition) is 2. The highest BCUT2D eigenvalue weighted by Crippen LogP contribution is 2.39. The zero-order valence-electron chi connectivity index (χ0n) is 17.9. The molecule has 0 bridgehead atoms. The summed E-state index contributed by atoms with van der Waals surface area (Å²) in [5.74, 6) is 2.87. The molecule has 0 unspecified atom stereocenters. The third-order valence-corrected chi connectivity index (χ3v) is 6.15. The average Bonchev–Trinajstić information content (AvgIpc) is 3.38. The summed E-state index contributed by atoms with van der Waals surface area (Å²) in [7, 11) is 1.73. The smallest absolute Gasteiger partial charge is 0.235 e. The Hall–Kier alpha value is -2.53. The van der Waals surface area contributed by atoms with Crippen molar-refractivity contribution in [3.05, 3.63) is 11.8 Å². The molecule has 3 fully saturated rings. The van der Waals surface area contributed by atoms with E-state index in [0.29, 0.717) is 49.1 Å². The van der Waals surface area contributed by atoms with Gasteiger partial charge in [-0.2, -0.15) is 20.1 Å². The van der Waals surface area contributed by atoms with E-state index in [4.69, 9.17) is 9.72 Å². The molecular formula is C20H30FN9O. The summed E-state index contributed by atoms with van der Waals surface area (Å²) in [6.45, 7) is 6.09. The molecule has 2 aromatic rings. The molecule has 168 valence electrons. The monoisotopic (exact) mass is 431 g/mol. The predicted molar refractivity (Wildman–Crippen MR) is 116 cm³/mol. The molecule has 0 aromatic carbocycles. The van der Waals surface area contributed by atoms with Crippen LogP contribution in [0.1, 0.15) is 30.9 Å². The lowest BCUT2D eigenvalue weighted by atomic mass is 10.3. The summed E-state index contributed by atoms with van der Waals surface area (Å²) in [6, 6.07) is 2.02. The number of hydrogen-bond acceptors (Lipinski definition) is 9. The van der Waals surface area contributed by atoms with Crippen molar-refractivity contribution in [2.75, 3.05) is 74.6 Å². The van der Waals surface area contributed by atoms with Crippen LogP contribution in [-0.4, -0.2) is 95.8 Å². The number of methoxy groups -OCH3 is 1. The number of alkyl halides is 1. The summed E-state index contributed by atoms with van der Waals surface area (Å²) in [4.78, 5) is 20.4. The third-order valence-electron chi connectivity index (χ3n) is 6.15. The lowest BCUT2D eigenvalue weighted by Crippen LogP contribution is -2.48. The fourth-order valence-electron chi connectivity index (χ4n) is 4.10. The summed E-state index contributed by atoms with van der Waals surface area (Å²) < 4.78 is 19.0. The quantitative estimate of drug-likeness (QED) is 0.645. The van der Waals surface area contributed by atoms with Gasteiger partial charge in [0.2, 0.25) is 17.8 Å². The third kappa shape index (κ3) is 4.87. The maximum atomic E-state index is 13.8. The van der Waals surface area contributed by atoms with Crippen molar-refractivity contribution in [3.8, 4) is 0 Å². The number of nitrogens with one attached hydrogen (secondary N) is 2. The van der Waals surface area contributed by atoms with E-state index in [0.717, 1.165) is 45.0 Å². The van der Waals surface area contributed by atoms with E-state index in [1.807, 2.05) is 11.0 Å². The Morgan fingerprint density at radius 2 is 1.84 bits per heavy atom. The molecule has 1 atom stereocenters. The van der Waals surface area contributed by atoms with Crippen molar-refractivity contribution in [3.63, 3.8) is 0 Å². The van der Waals surface area contributed by atoms with Gasteiger partial charge in [-0.25, -0.2) is 4.39 Å². The fourth-order valence-corrected chi connectivity index (χ4v) is 4.10. The van der Waals surface area contributed by atoms with Crippen molar-refractivity contribution in [1.82, 2.24) is 30.0 Å². The van der Waals surface area contributed by atoms with Gasteiger partial charge in [-0.15, -0.1) is 0 Å². The minimum atomic E-state index is -0.839. The highest BCUT2D eigenvalue weighted by atomic mass is 19.1. The number of rotatable bonds is 8. The molecule has 10 nitrogen and oxygen atoms in total. The number of halogens is 1. The first kappa shape index (κ1) is 20.4. The van der Waals surface area contributed by atoms with Crippen LogP contribution in [0.25, 0.3) is 0 Å². The van der Waals surface area contributed by atoms with Crippen molar-refractivity contribution in [2.45, 2.75) is 31.4 Å². The molecule has 0 radical (unpaired) electrons. The van der Waals surface area contributed by atoms with Crippen molar-refractivity contribution in [2.24, 2.45) is 0 Å². The van der Waals surface area contributed by atoms with Crippen LogP contribution in [0, 0.1) is 0 Å². The number of nitrogens with zero attached hydrogens (tertiary/aromatic N) is 7. The number of piperazine rings is 1. The number of anilines is 4. The van der Waals surface area contributed by atoms with E-state index >= 15 is 0 Å². The molecule has 4 heterocycles. The molecule has 31 heavy (non-hydrogen) atoms. The molecule has 0 spiro atoms. The van der Waals surface area contributed by atoms with E-state index < -0.39 is 6.17 Å². The molecule has 1 saturated carbocycles. The first-order valence-corrected chi connectivity index (χ1v) is 11.1. The van der Waals surface area contributed by atoms with Gasteiger partial charge in [0.05, 0.1) is 13.2 Å². The molecule has 11 heteroatoms. The minimum Gasteiger partial charge on any atom is -0.383 e. The number of ether oxygens (including phenoxy) is 1. The van der Waals surface area contributed by atoms with Crippen LogP contribution >= 0.6 is 0 Å². The zero-order chi connectivity index (χ0) is 21.2. The van der Waals surface area contributed by atoms with Gasteiger partial charge in [0.15, 0.2) is 5.82 Å². The lowest BCUT2D eigenvalue weighted by Gasteiger charge is -2.34. The Morgan fingerprint density at radius 3 is 2.52 bits per heavy atom. The second-order valence-corrected chi connectivity index (χ2v) is 8.52. The first-order chi connectivity index (χ1) is 15.2. The van der Waals surface area contributed by atoms with E-state index in [9.17, 15) is 4.39 Å². The van der Waals surface area contributed by atoms with Gasteiger partial charge < -0.3 is 19.9 Å². The molecule has 3 aliphatic rings. The second kappa shape index (κ2) is 8.91. The van der Waals surface area contributed by atoms with Crippen LogP contribution in [0.3, 0.4) is 0 Å². The van der Waals surface area contributed by atoms with Crippen molar-refractivity contribution < 1.29 is 9.13 Å². The molecular weight excluding hydrogens is 401 g/mol. The summed E-state index contributed by atoms with van der Waals surface area (Å²) in [6.07, 6.45) is 2.08. The van der Waals surface area contributed by atoms with Crippen molar-refractivity contribution in [1.29, 1.82) is 0 Å². The number of aromatic amines is 1. The maximum absolute atomic E-state index is 13.8. The van der Waals surface area contributed by atoms with Crippen molar-refractivity contribution >= 4 is 23.7 Å². The van der Waals surface area contributed by atoms with Gasteiger partial charge >= 0.3 is 0 Å². The average molecular weight is 432 g/mol. The van der Waals surface area contributed by atoms with Gasteiger partial charge in [-0.3, -0.25) is 10.00 Å². The lowest BCUT2D eigenvalue weighted by molar-refractivity contribution is 0.143. The molecule has 2 aromatic heterocycles. The van der Waals surface area contributed by atoms with Crippen LogP contribution in [0.4, 0.5) is 28.1 Å².